The molecule has 1 rings (SSSR count). The highest BCUT2D eigenvalue weighted by Gasteiger charge is 1.98. The average Bonchev–Trinajstić information content (AvgIpc) is 1.93. The second kappa shape index (κ2) is 3.88. The van der Waals surface area contributed by atoms with Crippen LogP contribution in [0, 0.1) is 6.07 Å². The Morgan fingerprint density at radius 3 is 2.82 bits per heavy atom. The molecule has 0 heterocycles. The zero-order chi connectivity index (χ0) is 8.27. The maximum atomic E-state index is 10.3. The molecular formula is C7H6BrO2S. The highest BCUT2D eigenvalue weighted by atomic mass is 79.9. The molecule has 0 atom stereocenters. The summed E-state index contributed by atoms with van der Waals surface area (Å²) in [6, 6.07) is 8.10. The van der Waals surface area contributed by atoms with Crippen LogP contribution in [-0.4, -0.2) is 8.42 Å². The molecule has 0 aliphatic carbocycles. The Bertz CT molecular complexity index is 312. The summed E-state index contributed by atoms with van der Waals surface area (Å²) in [4.78, 5) is 0. The van der Waals surface area contributed by atoms with E-state index in [1.807, 2.05) is 0 Å². The lowest BCUT2D eigenvalue weighted by atomic mass is 10.2. The normalized spacial score (nSPS) is 10.4. The van der Waals surface area contributed by atoms with Gasteiger partial charge in [0.1, 0.15) is 10.7 Å². The molecule has 0 unspecified atom stereocenters. The van der Waals surface area contributed by atoms with Gasteiger partial charge in [-0.2, -0.15) is 0 Å². The van der Waals surface area contributed by atoms with Crippen LogP contribution in [0.1, 0.15) is 5.56 Å². The molecule has 0 aromatic heterocycles. The maximum Gasteiger partial charge on any atom is 0.144 e. The van der Waals surface area contributed by atoms with Crippen molar-refractivity contribution < 1.29 is 8.42 Å². The van der Waals surface area contributed by atoms with E-state index < -0.39 is 10.7 Å². The van der Waals surface area contributed by atoms with Gasteiger partial charge in [0.15, 0.2) is 0 Å². The highest BCUT2D eigenvalue weighted by Crippen LogP contribution is 2.15. The molecular weight excluding hydrogens is 228 g/mol. The summed E-state index contributed by atoms with van der Waals surface area (Å²) in [7, 11) is -2.34. The molecule has 0 saturated carbocycles. The van der Waals surface area contributed by atoms with Crippen molar-refractivity contribution >= 4 is 26.6 Å². The van der Waals surface area contributed by atoms with Gasteiger partial charge in [-0.25, -0.2) is 8.42 Å². The van der Waals surface area contributed by atoms with E-state index in [1.54, 1.807) is 18.2 Å². The van der Waals surface area contributed by atoms with E-state index >= 15 is 0 Å². The fourth-order valence-electron chi connectivity index (χ4n) is 0.713. The van der Waals surface area contributed by atoms with Crippen LogP contribution in [0.25, 0.3) is 0 Å². The summed E-state index contributed by atoms with van der Waals surface area (Å²) >= 11 is 3.20. The van der Waals surface area contributed by atoms with Crippen LogP contribution in [0.2, 0.25) is 0 Å². The number of halogens is 1. The first-order valence-corrected chi connectivity index (χ1v) is 5.12. The quantitative estimate of drug-likeness (QED) is 0.784. The van der Waals surface area contributed by atoms with Crippen molar-refractivity contribution in [2.75, 3.05) is 0 Å². The number of benzene rings is 1. The third-order valence-electron chi connectivity index (χ3n) is 1.19. The zero-order valence-electron chi connectivity index (χ0n) is 5.58. The molecule has 1 radical (unpaired) electrons. The molecule has 59 valence electrons. The number of rotatable bonds is 2. The van der Waals surface area contributed by atoms with Crippen molar-refractivity contribution in [3.05, 3.63) is 34.3 Å². The molecule has 4 heteroatoms. The zero-order valence-corrected chi connectivity index (χ0v) is 8.06. The molecule has 1 aromatic carbocycles. The fourth-order valence-corrected chi connectivity index (χ4v) is 1.88. The van der Waals surface area contributed by atoms with Crippen molar-refractivity contribution in [1.82, 2.24) is 0 Å². The van der Waals surface area contributed by atoms with Gasteiger partial charge in [0.2, 0.25) is 0 Å². The van der Waals surface area contributed by atoms with Crippen molar-refractivity contribution in [3.63, 3.8) is 0 Å². The smallest absolute Gasteiger partial charge is 0.144 e. The molecule has 1 aromatic rings. The summed E-state index contributed by atoms with van der Waals surface area (Å²) in [5.74, 6) is 0.0766. The Morgan fingerprint density at radius 2 is 2.27 bits per heavy atom. The van der Waals surface area contributed by atoms with Gasteiger partial charge in [-0.3, -0.25) is 0 Å². The molecule has 0 fully saturated rings. The van der Waals surface area contributed by atoms with E-state index in [0.717, 1.165) is 10.0 Å². The minimum Gasteiger partial charge on any atom is -0.232 e. The van der Waals surface area contributed by atoms with E-state index in [1.165, 1.54) is 0 Å². The first-order chi connectivity index (χ1) is 5.20. The summed E-state index contributed by atoms with van der Waals surface area (Å²) < 4.78 is 21.4. The summed E-state index contributed by atoms with van der Waals surface area (Å²) in [6.45, 7) is 0. The van der Waals surface area contributed by atoms with Gasteiger partial charge in [0, 0.05) is 4.47 Å². The Hall–Kier alpha value is -0.350. The number of hydrogen-bond donors (Lipinski definition) is 1. The van der Waals surface area contributed by atoms with E-state index in [-0.39, 0.29) is 5.75 Å². The van der Waals surface area contributed by atoms with Crippen molar-refractivity contribution in [2.24, 2.45) is 0 Å². The average molecular weight is 234 g/mol. The molecule has 11 heavy (non-hydrogen) atoms. The Kier molecular flexibility index (Phi) is 3.08. The van der Waals surface area contributed by atoms with Crippen LogP contribution in [0.4, 0.5) is 0 Å². The summed E-state index contributed by atoms with van der Waals surface area (Å²) in [5, 5.41) is 0. The Labute approximate surface area is 75.3 Å². The standard InChI is InChI=1S/C7H6BrO2S/c8-7-4-2-1-3-6(7)5-11(9)10/h1-3,11H,5H2. The van der Waals surface area contributed by atoms with E-state index in [2.05, 4.69) is 22.0 Å². The van der Waals surface area contributed by atoms with Crippen LogP contribution in [0.15, 0.2) is 22.7 Å². The van der Waals surface area contributed by atoms with Crippen LogP contribution in [-0.2, 0) is 16.5 Å². The molecule has 0 amide bonds. The van der Waals surface area contributed by atoms with E-state index in [0.29, 0.717) is 0 Å². The maximum absolute atomic E-state index is 10.3. The lowest BCUT2D eigenvalue weighted by Gasteiger charge is -1.96. The first-order valence-electron chi connectivity index (χ1n) is 2.97. The van der Waals surface area contributed by atoms with E-state index in [4.69, 9.17) is 0 Å². The molecule has 2 nitrogen and oxygen atoms in total. The van der Waals surface area contributed by atoms with Crippen molar-refractivity contribution in [2.45, 2.75) is 5.75 Å². The fraction of sp³-hybridized carbons (Fsp3) is 0.143. The lowest BCUT2D eigenvalue weighted by Crippen LogP contribution is -1.87. The molecule has 0 spiro atoms. The van der Waals surface area contributed by atoms with Crippen molar-refractivity contribution in [3.8, 4) is 0 Å². The second-order valence-corrected chi connectivity index (χ2v) is 3.77. The summed E-state index contributed by atoms with van der Waals surface area (Å²) in [6.07, 6.45) is 0. The SMILES string of the molecule is O=[SH](=O)Cc1ccc[c]c1Br. The minimum absolute atomic E-state index is 0.0766. The molecule has 0 aliphatic rings. The van der Waals surface area contributed by atoms with E-state index in [9.17, 15) is 8.42 Å². The second-order valence-electron chi connectivity index (χ2n) is 2.00. The van der Waals surface area contributed by atoms with Crippen LogP contribution in [0.5, 0.6) is 0 Å². The molecule has 0 bridgehead atoms. The monoisotopic (exact) mass is 233 g/mol. The third-order valence-corrected chi connectivity index (χ3v) is 2.52. The minimum atomic E-state index is -2.34. The predicted molar refractivity (Wildman–Crippen MR) is 47.0 cm³/mol. The van der Waals surface area contributed by atoms with Gasteiger partial charge in [0.25, 0.3) is 0 Å². The van der Waals surface area contributed by atoms with Crippen LogP contribution in [0.3, 0.4) is 0 Å². The topological polar surface area (TPSA) is 34.1 Å². The summed E-state index contributed by atoms with van der Waals surface area (Å²) in [5.41, 5.74) is 0.753. The van der Waals surface area contributed by atoms with Crippen molar-refractivity contribution in [1.29, 1.82) is 0 Å². The number of hydrogen-bond acceptors (Lipinski definition) is 2. The van der Waals surface area contributed by atoms with Gasteiger partial charge in [0.05, 0.1) is 5.75 Å². The van der Waals surface area contributed by atoms with Gasteiger partial charge < -0.3 is 0 Å². The Morgan fingerprint density at radius 1 is 1.55 bits per heavy atom. The lowest BCUT2D eigenvalue weighted by molar-refractivity contribution is 0.614. The number of thiol groups is 1. The Balaban J connectivity index is 2.94. The largest absolute Gasteiger partial charge is 0.232 e. The van der Waals surface area contributed by atoms with Crippen LogP contribution >= 0.6 is 15.9 Å². The first kappa shape index (κ1) is 8.74. The van der Waals surface area contributed by atoms with Gasteiger partial charge in [-0.15, -0.1) is 0 Å². The van der Waals surface area contributed by atoms with Crippen LogP contribution < -0.4 is 0 Å². The highest BCUT2D eigenvalue weighted by molar-refractivity contribution is 9.10. The molecule has 0 N–H and O–H groups in total. The predicted octanol–water partition coefficient (Wildman–Crippen LogP) is 1.36. The molecule has 0 saturated heterocycles. The molecule has 0 aliphatic heterocycles. The van der Waals surface area contributed by atoms with Gasteiger partial charge in [-0.05, 0) is 27.6 Å². The van der Waals surface area contributed by atoms with Gasteiger partial charge in [-0.1, -0.05) is 18.2 Å². The van der Waals surface area contributed by atoms with Gasteiger partial charge >= 0.3 is 0 Å². The third kappa shape index (κ3) is 2.63.